The molecule has 10 heteroatoms. The molecule has 190 valence electrons. The molecule has 0 unspecified atom stereocenters. The second-order valence-corrected chi connectivity index (χ2v) is 10.0. The Morgan fingerprint density at radius 2 is 2.03 bits per heavy atom. The summed E-state index contributed by atoms with van der Waals surface area (Å²) in [5, 5.41) is 14.1. The molecule has 3 aromatic heterocycles. The lowest BCUT2D eigenvalue weighted by atomic mass is 10.1. The van der Waals surface area contributed by atoms with E-state index in [1.165, 1.54) is 16.6 Å². The van der Waals surface area contributed by atoms with E-state index in [1.807, 2.05) is 12.1 Å². The Labute approximate surface area is 213 Å². The van der Waals surface area contributed by atoms with Gasteiger partial charge in [-0.1, -0.05) is 12.1 Å². The van der Waals surface area contributed by atoms with Gasteiger partial charge in [-0.25, -0.2) is 19.3 Å². The summed E-state index contributed by atoms with van der Waals surface area (Å²) in [6.45, 7) is 9.11. The molecule has 0 radical (unpaired) electrons. The molecule has 0 saturated carbocycles. The molecular weight excluding hydrogens is 470 g/mol. The summed E-state index contributed by atoms with van der Waals surface area (Å²) >= 11 is 0. The lowest BCUT2D eigenvalue weighted by Gasteiger charge is -2.29. The monoisotopic (exact) mass is 499 g/mol. The third-order valence-electron chi connectivity index (χ3n) is 6.91. The first-order valence-corrected chi connectivity index (χ1v) is 12.4. The third-order valence-corrected chi connectivity index (χ3v) is 6.91. The fourth-order valence-corrected chi connectivity index (χ4v) is 5.07. The van der Waals surface area contributed by atoms with E-state index in [2.05, 4.69) is 43.9 Å². The third kappa shape index (κ3) is 4.17. The summed E-state index contributed by atoms with van der Waals surface area (Å²) in [4.78, 5) is 29.3. The van der Waals surface area contributed by atoms with Gasteiger partial charge in [0.2, 0.25) is 5.95 Å². The standard InChI is InChI=1S/C27H29N7O3/c1-4-12-33-25(35)21-14-28-26(31-24(21)34(33)23-7-5-6-22(30-23)27(2,3)36)29-17-8-10-18(11-9-17)32-15-20-13-19(32)16-37-20/h4-11,14,19-20,36H,1,12-13,15-16H2,2-3H3,(H,28,29,31)/t19-,20-/m0/s1. The van der Waals surface area contributed by atoms with Crippen LogP contribution in [0, 0.1) is 0 Å². The molecule has 2 aliphatic heterocycles. The second-order valence-electron chi connectivity index (χ2n) is 10.0. The Balaban J connectivity index is 1.36. The van der Waals surface area contributed by atoms with Crippen LogP contribution in [0.1, 0.15) is 26.0 Å². The average Bonchev–Trinajstić information content (AvgIpc) is 3.59. The molecule has 2 atom stereocenters. The van der Waals surface area contributed by atoms with Crippen molar-refractivity contribution >= 4 is 28.4 Å². The van der Waals surface area contributed by atoms with Gasteiger partial charge in [0.15, 0.2) is 11.5 Å². The normalized spacial score (nSPS) is 19.1. The lowest BCUT2D eigenvalue weighted by Crippen LogP contribution is -2.36. The molecule has 0 aliphatic carbocycles. The lowest BCUT2D eigenvalue weighted by molar-refractivity contribution is 0.0738. The molecule has 10 nitrogen and oxygen atoms in total. The van der Waals surface area contributed by atoms with Crippen molar-refractivity contribution in [3.63, 3.8) is 0 Å². The van der Waals surface area contributed by atoms with Gasteiger partial charge in [-0.15, -0.1) is 6.58 Å². The largest absolute Gasteiger partial charge is 0.384 e. The van der Waals surface area contributed by atoms with Crippen molar-refractivity contribution in [2.75, 3.05) is 23.4 Å². The minimum absolute atomic E-state index is 0.245. The van der Waals surface area contributed by atoms with E-state index in [-0.39, 0.29) is 12.1 Å². The number of hydrogen-bond acceptors (Lipinski definition) is 8. The second kappa shape index (κ2) is 8.82. The Kier molecular flexibility index (Phi) is 5.58. The Hall–Kier alpha value is -4.02. The molecule has 0 amide bonds. The van der Waals surface area contributed by atoms with Gasteiger partial charge in [-0.05, 0) is 56.7 Å². The van der Waals surface area contributed by atoms with Crippen LogP contribution < -0.4 is 15.8 Å². The van der Waals surface area contributed by atoms with E-state index < -0.39 is 5.60 Å². The quantitative estimate of drug-likeness (QED) is 0.373. The van der Waals surface area contributed by atoms with E-state index >= 15 is 0 Å². The zero-order valence-corrected chi connectivity index (χ0v) is 20.8. The highest BCUT2D eigenvalue weighted by Gasteiger charge is 2.38. The maximum absolute atomic E-state index is 13.2. The van der Waals surface area contributed by atoms with Gasteiger partial charge < -0.3 is 20.1 Å². The number of ether oxygens (including phenoxy) is 1. The number of allylic oxidation sites excluding steroid dienone is 1. The van der Waals surface area contributed by atoms with Crippen LogP contribution in [0.5, 0.6) is 0 Å². The number of fused-ring (bicyclic) bond motifs is 3. The first-order chi connectivity index (χ1) is 17.8. The summed E-state index contributed by atoms with van der Waals surface area (Å²) in [6, 6.07) is 13.9. The minimum atomic E-state index is -1.14. The number of anilines is 3. The topological polar surface area (TPSA) is 110 Å². The molecule has 2 N–H and O–H groups in total. The Morgan fingerprint density at radius 1 is 1.22 bits per heavy atom. The highest BCUT2D eigenvalue weighted by molar-refractivity contribution is 5.77. The Morgan fingerprint density at radius 3 is 2.70 bits per heavy atom. The highest BCUT2D eigenvalue weighted by atomic mass is 16.5. The minimum Gasteiger partial charge on any atom is -0.384 e. The first-order valence-electron chi connectivity index (χ1n) is 12.4. The first kappa shape index (κ1) is 23.4. The number of nitrogens with zero attached hydrogens (tertiary/aromatic N) is 6. The molecule has 2 aliphatic rings. The van der Waals surface area contributed by atoms with E-state index in [0.29, 0.717) is 40.6 Å². The van der Waals surface area contributed by atoms with Crippen LogP contribution in [0.4, 0.5) is 17.3 Å². The smallest absolute Gasteiger partial charge is 0.278 e. The van der Waals surface area contributed by atoms with E-state index in [9.17, 15) is 9.90 Å². The van der Waals surface area contributed by atoms with Gasteiger partial charge in [0.1, 0.15) is 11.0 Å². The molecule has 0 spiro atoms. The number of hydrogen-bond donors (Lipinski definition) is 2. The molecule has 2 bridgehead atoms. The fraction of sp³-hybridized carbons (Fsp3) is 0.333. The van der Waals surface area contributed by atoms with Crippen molar-refractivity contribution in [1.82, 2.24) is 24.3 Å². The van der Waals surface area contributed by atoms with Gasteiger partial charge >= 0.3 is 0 Å². The van der Waals surface area contributed by atoms with E-state index in [0.717, 1.165) is 25.3 Å². The predicted molar refractivity (Wildman–Crippen MR) is 142 cm³/mol. The molecule has 2 fully saturated rings. The summed E-state index contributed by atoms with van der Waals surface area (Å²) in [5.41, 5.74) is 1.52. The highest BCUT2D eigenvalue weighted by Crippen LogP contribution is 2.33. The fourth-order valence-electron chi connectivity index (χ4n) is 5.07. The van der Waals surface area contributed by atoms with Crippen LogP contribution in [0.2, 0.25) is 0 Å². The van der Waals surface area contributed by atoms with Crippen LogP contribution >= 0.6 is 0 Å². The van der Waals surface area contributed by atoms with Crippen LogP contribution in [-0.2, 0) is 16.9 Å². The van der Waals surface area contributed by atoms with Gasteiger partial charge in [0.25, 0.3) is 5.56 Å². The van der Waals surface area contributed by atoms with Crippen molar-refractivity contribution in [2.45, 2.75) is 44.6 Å². The van der Waals surface area contributed by atoms with Crippen molar-refractivity contribution in [1.29, 1.82) is 0 Å². The van der Waals surface area contributed by atoms with Gasteiger partial charge in [-0.2, -0.15) is 4.98 Å². The molecule has 1 aromatic carbocycles. The molecular formula is C27H29N7O3. The maximum Gasteiger partial charge on any atom is 0.278 e. The van der Waals surface area contributed by atoms with Gasteiger partial charge in [-0.3, -0.25) is 4.79 Å². The van der Waals surface area contributed by atoms with Crippen LogP contribution in [0.15, 0.2) is 66.1 Å². The molecule has 5 heterocycles. The van der Waals surface area contributed by atoms with Crippen molar-refractivity contribution in [2.24, 2.45) is 0 Å². The molecule has 37 heavy (non-hydrogen) atoms. The summed E-state index contributed by atoms with van der Waals surface area (Å²) < 4.78 is 8.87. The number of benzene rings is 1. The summed E-state index contributed by atoms with van der Waals surface area (Å²) in [6.07, 6.45) is 4.60. The number of morpholine rings is 1. The number of pyridine rings is 1. The molecule has 6 rings (SSSR count). The zero-order valence-electron chi connectivity index (χ0n) is 20.8. The summed E-state index contributed by atoms with van der Waals surface area (Å²) in [5.74, 6) is 0.823. The van der Waals surface area contributed by atoms with Crippen molar-refractivity contribution < 1.29 is 9.84 Å². The van der Waals surface area contributed by atoms with Crippen molar-refractivity contribution in [3.05, 3.63) is 77.4 Å². The number of aromatic nitrogens is 5. The van der Waals surface area contributed by atoms with Crippen LogP contribution in [0.25, 0.3) is 16.9 Å². The van der Waals surface area contributed by atoms with Crippen LogP contribution in [0.3, 0.4) is 0 Å². The summed E-state index contributed by atoms with van der Waals surface area (Å²) in [7, 11) is 0. The molecule has 4 aromatic rings. The van der Waals surface area contributed by atoms with Gasteiger partial charge in [0.05, 0.1) is 31.0 Å². The molecule has 2 saturated heterocycles. The average molecular weight is 500 g/mol. The van der Waals surface area contributed by atoms with E-state index in [1.54, 1.807) is 42.8 Å². The Bertz CT molecular complexity index is 1530. The van der Waals surface area contributed by atoms with Crippen LogP contribution in [-0.4, -0.2) is 54.7 Å². The number of nitrogens with one attached hydrogen (secondary N) is 1. The number of aliphatic hydroxyl groups is 1. The SMILES string of the molecule is C=CCn1c(=O)c2cnc(Nc3ccc(N4C[C@@H]5C[C@H]4CO5)cc3)nc2n1-c1cccc(C(C)(C)O)n1. The zero-order chi connectivity index (χ0) is 25.7. The number of rotatable bonds is 7. The van der Waals surface area contributed by atoms with Crippen molar-refractivity contribution in [3.8, 4) is 5.82 Å². The predicted octanol–water partition coefficient (Wildman–Crippen LogP) is 3.11. The maximum atomic E-state index is 13.2. The van der Waals surface area contributed by atoms with Gasteiger partial charge in [0, 0.05) is 24.1 Å². The van der Waals surface area contributed by atoms with E-state index in [4.69, 9.17) is 4.74 Å².